The molecule has 0 saturated heterocycles. The minimum absolute atomic E-state index is 0.0300. The van der Waals surface area contributed by atoms with E-state index in [9.17, 15) is 9.59 Å². The van der Waals surface area contributed by atoms with Crippen molar-refractivity contribution in [2.24, 2.45) is 0 Å². The van der Waals surface area contributed by atoms with Gasteiger partial charge in [-0.05, 0) is 12.8 Å². The predicted octanol–water partition coefficient (Wildman–Crippen LogP) is 1.00. The number of hydrogen-bond donors (Lipinski definition) is 1. The summed E-state index contributed by atoms with van der Waals surface area (Å²) in [6.45, 7) is -0.317. The third kappa shape index (κ3) is 3.66. The van der Waals surface area contributed by atoms with Crippen LogP contribution in [0.1, 0.15) is 25.7 Å². The summed E-state index contributed by atoms with van der Waals surface area (Å²) in [7, 11) is 1.71. The smallest absolute Gasteiger partial charge is 0.323 e. The average Bonchev–Trinajstić information content (AvgIpc) is 2.79. The second-order valence-corrected chi connectivity index (χ2v) is 4.29. The summed E-state index contributed by atoms with van der Waals surface area (Å²) in [6, 6.07) is -0.0752. The zero-order chi connectivity index (χ0) is 12.8. The Kier molecular flexibility index (Phi) is 4.83. The molecule has 0 spiro atoms. The van der Waals surface area contributed by atoms with Crippen molar-refractivity contribution in [3.8, 4) is 12.3 Å². The van der Waals surface area contributed by atoms with Gasteiger partial charge in [-0.2, -0.15) is 0 Å². The highest BCUT2D eigenvalue weighted by molar-refractivity contribution is 5.80. The highest BCUT2D eigenvalue weighted by Gasteiger charge is 2.27. The molecule has 2 amide bonds. The van der Waals surface area contributed by atoms with Gasteiger partial charge in [-0.25, -0.2) is 4.79 Å². The number of terminal acetylenes is 1. The van der Waals surface area contributed by atoms with Crippen LogP contribution in [0.5, 0.6) is 0 Å². The van der Waals surface area contributed by atoms with E-state index in [0.717, 1.165) is 25.7 Å². The fourth-order valence-electron chi connectivity index (χ4n) is 2.14. The van der Waals surface area contributed by atoms with Crippen LogP contribution in [0.2, 0.25) is 0 Å². The highest BCUT2D eigenvalue weighted by Crippen LogP contribution is 2.23. The van der Waals surface area contributed by atoms with Crippen LogP contribution in [0.25, 0.3) is 0 Å². The molecule has 0 aromatic heterocycles. The molecule has 94 valence electrons. The van der Waals surface area contributed by atoms with E-state index in [2.05, 4.69) is 5.92 Å². The molecule has 1 rings (SSSR count). The number of carbonyl (C=O) groups excluding carboxylic acids is 1. The molecule has 0 aromatic carbocycles. The number of urea groups is 1. The first-order chi connectivity index (χ1) is 8.06. The highest BCUT2D eigenvalue weighted by atomic mass is 16.4. The van der Waals surface area contributed by atoms with E-state index < -0.39 is 5.97 Å². The number of carboxylic acids is 1. The number of rotatable bonds is 4. The van der Waals surface area contributed by atoms with Gasteiger partial charge in [-0.15, -0.1) is 6.42 Å². The maximum Gasteiger partial charge on any atom is 0.323 e. The summed E-state index contributed by atoms with van der Waals surface area (Å²) in [5.74, 6) is 1.27. The first kappa shape index (κ1) is 13.4. The van der Waals surface area contributed by atoms with Gasteiger partial charge in [-0.3, -0.25) is 4.79 Å². The molecule has 5 nitrogen and oxygen atoms in total. The summed E-state index contributed by atoms with van der Waals surface area (Å²) in [6.07, 6.45) is 9.35. The van der Waals surface area contributed by atoms with E-state index in [1.54, 1.807) is 11.9 Å². The van der Waals surface area contributed by atoms with Crippen LogP contribution < -0.4 is 0 Å². The fraction of sp³-hybridized carbons (Fsp3) is 0.667. The van der Waals surface area contributed by atoms with E-state index in [0.29, 0.717) is 0 Å². The number of aliphatic carboxylic acids is 1. The quantitative estimate of drug-likeness (QED) is 0.743. The van der Waals surface area contributed by atoms with E-state index in [1.807, 2.05) is 0 Å². The first-order valence-electron chi connectivity index (χ1n) is 5.73. The topological polar surface area (TPSA) is 60.9 Å². The molecule has 1 fully saturated rings. The molecule has 0 heterocycles. The normalized spacial score (nSPS) is 15.3. The molecule has 0 radical (unpaired) electrons. The first-order valence-corrected chi connectivity index (χ1v) is 5.73. The monoisotopic (exact) mass is 238 g/mol. The second kappa shape index (κ2) is 6.14. The number of nitrogens with zero attached hydrogens (tertiary/aromatic N) is 2. The molecular weight excluding hydrogens is 220 g/mol. The van der Waals surface area contributed by atoms with Gasteiger partial charge in [0.2, 0.25) is 0 Å². The Morgan fingerprint density at radius 3 is 2.47 bits per heavy atom. The third-order valence-electron chi connectivity index (χ3n) is 3.05. The lowest BCUT2D eigenvalue weighted by molar-refractivity contribution is -0.137. The third-order valence-corrected chi connectivity index (χ3v) is 3.05. The van der Waals surface area contributed by atoms with Crippen molar-refractivity contribution in [3.63, 3.8) is 0 Å². The fourth-order valence-corrected chi connectivity index (χ4v) is 2.14. The van der Waals surface area contributed by atoms with Crippen molar-refractivity contribution >= 4 is 12.0 Å². The van der Waals surface area contributed by atoms with Gasteiger partial charge in [-0.1, -0.05) is 18.8 Å². The zero-order valence-electron chi connectivity index (χ0n) is 10.1. The van der Waals surface area contributed by atoms with Crippen LogP contribution in [0.4, 0.5) is 4.79 Å². The summed E-state index contributed by atoms with van der Waals surface area (Å²) in [5.41, 5.74) is 0. The van der Waals surface area contributed by atoms with Crippen molar-refractivity contribution in [2.45, 2.75) is 31.7 Å². The largest absolute Gasteiger partial charge is 0.480 e. The lowest BCUT2D eigenvalue weighted by atomic mass is 10.2. The van der Waals surface area contributed by atoms with E-state index in [1.165, 1.54) is 4.90 Å². The van der Waals surface area contributed by atoms with E-state index in [-0.39, 0.29) is 25.2 Å². The van der Waals surface area contributed by atoms with Crippen LogP contribution in [-0.2, 0) is 4.79 Å². The Balaban J connectivity index is 2.62. The van der Waals surface area contributed by atoms with Crippen LogP contribution in [-0.4, -0.2) is 53.1 Å². The zero-order valence-corrected chi connectivity index (χ0v) is 10.1. The number of carbonyl (C=O) groups is 2. The van der Waals surface area contributed by atoms with Gasteiger partial charge < -0.3 is 14.9 Å². The molecule has 0 unspecified atom stereocenters. The van der Waals surface area contributed by atoms with Crippen LogP contribution in [0.3, 0.4) is 0 Å². The molecular formula is C12H18N2O3. The Hall–Kier alpha value is -1.70. The molecule has 0 bridgehead atoms. The molecule has 1 saturated carbocycles. The van der Waals surface area contributed by atoms with Crippen molar-refractivity contribution in [3.05, 3.63) is 0 Å². The maximum absolute atomic E-state index is 12.0. The van der Waals surface area contributed by atoms with E-state index in [4.69, 9.17) is 11.5 Å². The Morgan fingerprint density at radius 1 is 1.41 bits per heavy atom. The summed E-state index contributed by atoms with van der Waals surface area (Å²) in [5, 5.41) is 8.73. The molecule has 5 heteroatoms. The van der Waals surface area contributed by atoms with Crippen LogP contribution >= 0.6 is 0 Å². The second-order valence-electron chi connectivity index (χ2n) is 4.29. The molecule has 0 atom stereocenters. The molecule has 0 aromatic rings. The standard InChI is InChI=1S/C12H18N2O3/c1-3-8-14(9-11(15)16)12(17)13(2)10-6-4-5-7-10/h1,10H,4-9H2,2H3,(H,15,16). The average molecular weight is 238 g/mol. The van der Waals surface area contributed by atoms with Crippen molar-refractivity contribution in [1.82, 2.24) is 9.80 Å². The lowest BCUT2D eigenvalue weighted by Crippen LogP contribution is -2.47. The van der Waals surface area contributed by atoms with Gasteiger partial charge in [0.25, 0.3) is 0 Å². The van der Waals surface area contributed by atoms with Gasteiger partial charge in [0, 0.05) is 13.1 Å². The van der Waals surface area contributed by atoms with Crippen molar-refractivity contribution < 1.29 is 14.7 Å². The Morgan fingerprint density at radius 2 is 2.00 bits per heavy atom. The molecule has 1 aliphatic rings. The summed E-state index contributed by atoms with van der Waals surface area (Å²) in [4.78, 5) is 25.5. The number of amides is 2. The molecule has 0 aliphatic heterocycles. The Bertz CT molecular complexity index is 329. The van der Waals surface area contributed by atoms with Crippen LogP contribution in [0, 0.1) is 12.3 Å². The Labute approximate surface area is 101 Å². The summed E-state index contributed by atoms with van der Waals surface area (Å²) >= 11 is 0. The lowest BCUT2D eigenvalue weighted by Gasteiger charge is -2.29. The SMILES string of the molecule is C#CCN(CC(=O)O)C(=O)N(C)C1CCCC1. The van der Waals surface area contributed by atoms with E-state index >= 15 is 0 Å². The molecule has 1 N–H and O–H groups in total. The maximum atomic E-state index is 12.0. The minimum atomic E-state index is -1.05. The molecule has 1 aliphatic carbocycles. The number of carboxylic acid groups (broad SMARTS) is 1. The van der Waals surface area contributed by atoms with Crippen molar-refractivity contribution in [2.75, 3.05) is 20.1 Å². The van der Waals surface area contributed by atoms with Gasteiger partial charge in [0.05, 0.1) is 6.54 Å². The number of hydrogen-bond acceptors (Lipinski definition) is 2. The van der Waals surface area contributed by atoms with Gasteiger partial charge >= 0.3 is 12.0 Å². The van der Waals surface area contributed by atoms with Crippen molar-refractivity contribution in [1.29, 1.82) is 0 Å². The molecule has 17 heavy (non-hydrogen) atoms. The minimum Gasteiger partial charge on any atom is -0.480 e. The van der Waals surface area contributed by atoms with Crippen LogP contribution in [0.15, 0.2) is 0 Å². The summed E-state index contributed by atoms with van der Waals surface area (Å²) < 4.78 is 0. The predicted molar refractivity (Wildman–Crippen MR) is 63.5 cm³/mol. The van der Waals surface area contributed by atoms with Gasteiger partial charge in [0.1, 0.15) is 6.54 Å². The van der Waals surface area contributed by atoms with Gasteiger partial charge in [0.15, 0.2) is 0 Å².